The molecule has 1 aromatic heterocycles. The second kappa shape index (κ2) is 7.75. The highest BCUT2D eigenvalue weighted by atomic mass is 32.2. The van der Waals surface area contributed by atoms with Crippen LogP contribution in [0.5, 0.6) is 0 Å². The van der Waals surface area contributed by atoms with Gasteiger partial charge in [-0.05, 0) is 25.0 Å². The lowest BCUT2D eigenvalue weighted by molar-refractivity contribution is 0.581. The first-order valence-corrected chi connectivity index (χ1v) is 8.83. The summed E-state index contributed by atoms with van der Waals surface area (Å²) in [6.07, 6.45) is 3.55. The minimum atomic E-state index is 0.548. The highest BCUT2D eigenvalue weighted by Crippen LogP contribution is 2.16. The van der Waals surface area contributed by atoms with Crippen LogP contribution in [0, 0.1) is 0 Å². The molecule has 0 amide bonds. The summed E-state index contributed by atoms with van der Waals surface area (Å²) < 4.78 is 0. The second-order valence-electron chi connectivity index (χ2n) is 4.57. The van der Waals surface area contributed by atoms with Gasteiger partial charge in [-0.3, -0.25) is 4.99 Å². The van der Waals surface area contributed by atoms with Crippen molar-refractivity contribution in [3.8, 4) is 0 Å². The average Bonchev–Trinajstić information content (AvgIpc) is 2.92. The summed E-state index contributed by atoms with van der Waals surface area (Å²) in [4.78, 5) is 8.84. The lowest BCUT2D eigenvalue weighted by atomic mass is 10.2. The zero-order valence-electron chi connectivity index (χ0n) is 11.6. The van der Waals surface area contributed by atoms with Crippen molar-refractivity contribution in [2.24, 2.45) is 4.99 Å². The molecule has 0 aliphatic carbocycles. The van der Waals surface area contributed by atoms with E-state index in [9.17, 15) is 0 Å². The molecule has 2 heterocycles. The number of thiazole rings is 1. The molecule has 0 spiro atoms. The summed E-state index contributed by atoms with van der Waals surface area (Å²) in [5.74, 6) is 3.36. The number of hydrogen-bond acceptors (Lipinski definition) is 4. The van der Waals surface area contributed by atoms with Crippen LogP contribution in [0.15, 0.2) is 10.4 Å². The van der Waals surface area contributed by atoms with Crippen molar-refractivity contribution < 1.29 is 0 Å². The minimum Gasteiger partial charge on any atom is -0.353 e. The number of aromatic nitrogens is 1. The molecule has 1 aliphatic rings. The molecule has 1 aromatic rings. The molecule has 1 fully saturated rings. The second-order valence-corrected chi connectivity index (χ2v) is 6.66. The van der Waals surface area contributed by atoms with Gasteiger partial charge >= 0.3 is 0 Å². The van der Waals surface area contributed by atoms with Gasteiger partial charge in [0.05, 0.1) is 17.2 Å². The number of nitrogens with one attached hydrogen (secondary N) is 2. The van der Waals surface area contributed by atoms with Gasteiger partial charge in [-0.1, -0.05) is 6.92 Å². The third-order valence-corrected chi connectivity index (χ3v) is 5.32. The van der Waals surface area contributed by atoms with E-state index in [1.54, 1.807) is 11.3 Å². The largest absolute Gasteiger partial charge is 0.353 e. The van der Waals surface area contributed by atoms with Crippen LogP contribution in [0.3, 0.4) is 0 Å². The smallest absolute Gasteiger partial charge is 0.191 e. The van der Waals surface area contributed by atoms with E-state index in [1.807, 2.05) is 18.8 Å². The first kappa shape index (κ1) is 14.7. The number of hydrogen-bond donors (Lipinski definition) is 2. The molecular formula is C13H22N4S2. The van der Waals surface area contributed by atoms with Crippen molar-refractivity contribution in [1.82, 2.24) is 15.6 Å². The normalized spacial score (nSPS) is 20.3. The predicted molar refractivity (Wildman–Crippen MR) is 85.2 cm³/mol. The lowest BCUT2D eigenvalue weighted by Crippen LogP contribution is -2.45. The third-order valence-electron chi connectivity index (χ3n) is 3.06. The van der Waals surface area contributed by atoms with Gasteiger partial charge in [-0.25, -0.2) is 4.98 Å². The van der Waals surface area contributed by atoms with Crippen molar-refractivity contribution in [2.75, 3.05) is 18.6 Å². The van der Waals surface area contributed by atoms with Crippen LogP contribution < -0.4 is 10.6 Å². The van der Waals surface area contributed by atoms with Gasteiger partial charge in [-0.2, -0.15) is 11.8 Å². The molecule has 4 nitrogen and oxygen atoms in total. The molecule has 19 heavy (non-hydrogen) atoms. The molecule has 0 bridgehead atoms. The minimum absolute atomic E-state index is 0.548. The lowest BCUT2D eigenvalue weighted by Gasteiger charge is -2.24. The molecule has 1 aliphatic heterocycles. The van der Waals surface area contributed by atoms with Crippen molar-refractivity contribution in [1.29, 1.82) is 0 Å². The van der Waals surface area contributed by atoms with Crippen molar-refractivity contribution in [3.05, 3.63) is 16.1 Å². The molecule has 0 aromatic carbocycles. The Balaban J connectivity index is 1.78. The molecule has 0 radical (unpaired) electrons. The van der Waals surface area contributed by atoms with E-state index in [-0.39, 0.29) is 0 Å². The number of thioether (sulfide) groups is 1. The maximum Gasteiger partial charge on any atom is 0.191 e. The standard InChI is InChI=1S/C13H22N4S2/c1-3-12-16-11(9-19-12)7-15-13(14-2)17-10-5-4-6-18-8-10/h9-10H,3-8H2,1-2H3,(H2,14,15,17). The van der Waals surface area contributed by atoms with Crippen molar-refractivity contribution in [3.63, 3.8) is 0 Å². The zero-order valence-corrected chi connectivity index (χ0v) is 13.2. The Morgan fingerprint density at radius 2 is 2.47 bits per heavy atom. The third kappa shape index (κ3) is 4.69. The molecule has 1 saturated heterocycles. The van der Waals surface area contributed by atoms with E-state index in [0.717, 1.165) is 24.6 Å². The Labute approximate surface area is 123 Å². The van der Waals surface area contributed by atoms with Gasteiger partial charge in [0.15, 0.2) is 5.96 Å². The summed E-state index contributed by atoms with van der Waals surface area (Å²) >= 11 is 3.75. The summed E-state index contributed by atoms with van der Waals surface area (Å²) in [7, 11) is 1.82. The molecule has 2 N–H and O–H groups in total. The number of rotatable bonds is 4. The highest BCUT2D eigenvalue weighted by molar-refractivity contribution is 7.99. The van der Waals surface area contributed by atoms with Crippen LogP contribution in [0.4, 0.5) is 0 Å². The fraction of sp³-hybridized carbons (Fsp3) is 0.692. The van der Waals surface area contributed by atoms with E-state index in [1.165, 1.54) is 29.4 Å². The number of guanidine groups is 1. The van der Waals surface area contributed by atoms with E-state index < -0.39 is 0 Å². The molecule has 106 valence electrons. The molecule has 0 saturated carbocycles. The van der Waals surface area contributed by atoms with Crippen LogP contribution in [0.1, 0.15) is 30.5 Å². The molecule has 1 atom stereocenters. The number of aryl methyl sites for hydroxylation is 1. The van der Waals surface area contributed by atoms with Gasteiger partial charge in [0.1, 0.15) is 0 Å². The zero-order chi connectivity index (χ0) is 13.5. The maximum absolute atomic E-state index is 4.55. The Bertz CT molecular complexity index is 411. The summed E-state index contributed by atoms with van der Waals surface area (Å²) in [5.41, 5.74) is 1.10. The van der Waals surface area contributed by atoms with Crippen LogP contribution in [0.2, 0.25) is 0 Å². The SMILES string of the molecule is CCc1nc(CNC(=NC)NC2CCCSC2)cs1. The summed E-state index contributed by atoms with van der Waals surface area (Å²) in [5, 5.41) is 10.2. The van der Waals surface area contributed by atoms with Crippen LogP contribution >= 0.6 is 23.1 Å². The van der Waals surface area contributed by atoms with Gasteiger partial charge in [-0.15, -0.1) is 11.3 Å². The molecule has 6 heteroatoms. The Morgan fingerprint density at radius 1 is 1.58 bits per heavy atom. The Morgan fingerprint density at radius 3 is 3.11 bits per heavy atom. The van der Waals surface area contributed by atoms with E-state index in [0.29, 0.717) is 6.04 Å². The fourth-order valence-electron chi connectivity index (χ4n) is 2.01. The molecule has 2 rings (SSSR count). The van der Waals surface area contributed by atoms with E-state index in [4.69, 9.17) is 0 Å². The summed E-state index contributed by atoms with van der Waals surface area (Å²) in [6.45, 7) is 2.88. The van der Waals surface area contributed by atoms with Crippen molar-refractivity contribution >= 4 is 29.1 Å². The van der Waals surface area contributed by atoms with E-state index in [2.05, 4.69) is 32.9 Å². The van der Waals surface area contributed by atoms with Gasteiger partial charge < -0.3 is 10.6 Å². The quantitative estimate of drug-likeness (QED) is 0.661. The average molecular weight is 298 g/mol. The maximum atomic E-state index is 4.55. The van der Waals surface area contributed by atoms with Crippen LogP contribution in [0.25, 0.3) is 0 Å². The predicted octanol–water partition coefficient (Wildman–Crippen LogP) is 2.27. The van der Waals surface area contributed by atoms with Gasteiger partial charge in [0.25, 0.3) is 0 Å². The van der Waals surface area contributed by atoms with Crippen molar-refractivity contribution in [2.45, 2.75) is 38.8 Å². The Hall–Kier alpha value is -0.750. The van der Waals surface area contributed by atoms with Crippen LogP contribution in [-0.4, -0.2) is 35.5 Å². The topological polar surface area (TPSA) is 49.3 Å². The van der Waals surface area contributed by atoms with E-state index >= 15 is 0 Å². The van der Waals surface area contributed by atoms with Gasteiger partial charge in [0.2, 0.25) is 0 Å². The molecular weight excluding hydrogens is 276 g/mol. The molecule has 1 unspecified atom stereocenters. The van der Waals surface area contributed by atoms with Crippen LogP contribution in [-0.2, 0) is 13.0 Å². The number of nitrogens with zero attached hydrogens (tertiary/aromatic N) is 2. The Kier molecular flexibility index (Phi) is 5.97. The first-order chi connectivity index (χ1) is 9.31. The van der Waals surface area contributed by atoms with Gasteiger partial charge in [0, 0.05) is 24.2 Å². The summed E-state index contributed by atoms with van der Waals surface area (Å²) in [6, 6.07) is 0.548. The first-order valence-electron chi connectivity index (χ1n) is 6.80. The monoisotopic (exact) mass is 298 g/mol. The highest BCUT2D eigenvalue weighted by Gasteiger charge is 2.14. The fourth-order valence-corrected chi connectivity index (χ4v) is 3.83. The number of aliphatic imine (C=N–C) groups is 1.